The number of anilines is 1. The number of fused-ring (bicyclic) bond motifs is 1. The number of nitrogens with zero attached hydrogens (tertiary/aromatic N) is 2. The second-order valence-electron chi connectivity index (χ2n) is 6.42. The normalized spacial score (nSPS) is 11.0. The van der Waals surface area contributed by atoms with E-state index in [-0.39, 0.29) is 12.3 Å². The maximum absolute atomic E-state index is 12.7. The lowest BCUT2D eigenvalue weighted by atomic mass is 10.2. The van der Waals surface area contributed by atoms with E-state index >= 15 is 0 Å². The maximum Gasteiger partial charge on any atom is 0.341 e. The Morgan fingerprint density at radius 3 is 2.79 bits per heavy atom. The van der Waals surface area contributed by atoms with E-state index in [4.69, 9.17) is 4.74 Å². The SMILES string of the molecule is CCOC(=O)c1cc(C)sc1NC(=O)Cc1csc2nc(-c3ccccc3)cn12. The van der Waals surface area contributed by atoms with Gasteiger partial charge in [0.15, 0.2) is 4.96 Å². The fourth-order valence-corrected chi connectivity index (χ4v) is 4.80. The molecule has 0 saturated heterocycles. The van der Waals surface area contributed by atoms with Crippen molar-refractivity contribution in [3.63, 3.8) is 0 Å². The van der Waals surface area contributed by atoms with E-state index in [0.29, 0.717) is 17.2 Å². The number of benzene rings is 1. The van der Waals surface area contributed by atoms with E-state index in [1.807, 2.05) is 53.2 Å². The summed E-state index contributed by atoms with van der Waals surface area (Å²) in [6, 6.07) is 11.7. The summed E-state index contributed by atoms with van der Waals surface area (Å²) in [6.45, 7) is 3.94. The first-order valence-electron chi connectivity index (χ1n) is 9.13. The molecule has 0 aliphatic rings. The molecule has 0 fully saturated rings. The summed E-state index contributed by atoms with van der Waals surface area (Å²) in [5, 5.41) is 5.32. The van der Waals surface area contributed by atoms with Crippen LogP contribution in [0.25, 0.3) is 16.2 Å². The van der Waals surface area contributed by atoms with Gasteiger partial charge in [-0.2, -0.15) is 0 Å². The minimum atomic E-state index is -0.424. The monoisotopic (exact) mass is 425 g/mol. The molecule has 0 saturated carbocycles. The summed E-state index contributed by atoms with van der Waals surface area (Å²) < 4.78 is 7.02. The van der Waals surface area contributed by atoms with Crippen molar-refractivity contribution in [1.82, 2.24) is 9.38 Å². The predicted octanol–water partition coefficient (Wildman–Crippen LogP) is 4.79. The number of carbonyl (C=O) groups is 2. The van der Waals surface area contributed by atoms with E-state index in [9.17, 15) is 9.59 Å². The van der Waals surface area contributed by atoms with Crippen molar-refractivity contribution in [2.45, 2.75) is 20.3 Å². The molecule has 6 nitrogen and oxygen atoms in total. The van der Waals surface area contributed by atoms with Crippen LogP contribution in [0.2, 0.25) is 0 Å². The smallest absolute Gasteiger partial charge is 0.341 e. The first kappa shape index (κ1) is 19.4. The zero-order valence-electron chi connectivity index (χ0n) is 16.0. The van der Waals surface area contributed by atoms with Gasteiger partial charge in [0.25, 0.3) is 0 Å². The zero-order valence-corrected chi connectivity index (χ0v) is 17.6. The quantitative estimate of drug-likeness (QED) is 0.451. The second-order valence-corrected chi connectivity index (χ2v) is 8.51. The van der Waals surface area contributed by atoms with Crippen LogP contribution in [-0.4, -0.2) is 27.9 Å². The van der Waals surface area contributed by atoms with Crippen molar-refractivity contribution >= 4 is 44.5 Å². The van der Waals surface area contributed by atoms with Crippen LogP contribution in [0.3, 0.4) is 0 Å². The number of thiophene rings is 1. The molecule has 148 valence electrons. The highest BCUT2D eigenvalue weighted by Gasteiger charge is 2.19. The van der Waals surface area contributed by atoms with Crippen molar-refractivity contribution in [2.24, 2.45) is 0 Å². The summed E-state index contributed by atoms with van der Waals surface area (Å²) in [5.74, 6) is -0.612. The molecule has 0 unspecified atom stereocenters. The molecule has 8 heteroatoms. The van der Waals surface area contributed by atoms with Crippen molar-refractivity contribution in [3.8, 4) is 11.3 Å². The van der Waals surface area contributed by atoms with Crippen LogP contribution in [0.15, 0.2) is 48.0 Å². The molecule has 0 aliphatic heterocycles. The lowest BCUT2D eigenvalue weighted by Gasteiger charge is -2.06. The maximum atomic E-state index is 12.7. The minimum Gasteiger partial charge on any atom is -0.462 e. The molecule has 0 aliphatic carbocycles. The van der Waals surface area contributed by atoms with Crippen LogP contribution >= 0.6 is 22.7 Å². The Balaban J connectivity index is 1.53. The molecule has 29 heavy (non-hydrogen) atoms. The zero-order chi connectivity index (χ0) is 20.4. The number of carbonyl (C=O) groups excluding carboxylic acids is 2. The average Bonchev–Trinajstić information content (AvgIpc) is 3.38. The van der Waals surface area contributed by atoms with Crippen LogP contribution in [-0.2, 0) is 16.0 Å². The highest BCUT2D eigenvalue weighted by molar-refractivity contribution is 7.16. The number of amides is 1. The minimum absolute atomic E-state index is 0.184. The Morgan fingerprint density at radius 1 is 1.24 bits per heavy atom. The van der Waals surface area contributed by atoms with E-state index in [0.717, 1.165) is 26.8 Å². The lowest BCUT2D eigenvalue weighted by molar-refractivity contribution is -0.115. The summed E-state index contributed by atoms with van der Waals surface area (Å²) in [6.07, 6.45) is 2.13. The van der Waals surface area contributed by atoms with Gasteiger partial charge in [0.1, 0.15) is 5.00 Å². The topological polar surface area (TPSA) is 72.7 Å². The molecule has 0 radical (unpaired) electrons. The number of hydrogen-bond acceptors (Lipinski definition) is 6. The number of rotatable bonds is 6. The van der Waals surface area contributed by atoms with Gasteiger partial charge in [-0.3, -0.25) is 9.20 Å². The molecule has 3 aromatic heterocycles. The number of nitrogens with one attached hydrogen (secondary N) is 1. The lowest BCUT2D eigenvalue weighted by Crippen LogP contribution is -2.16. The Labute approximate surface area is 175 Å². The van der Waals surface area contributed by atoms with Crippen molar-refractivity contribution in [2.75, 3.05) is 11.9 Å². The van der Waals surface area contributed by atoms with Gasteiger partial charge < -0.3 is 10.1 Å². The number of hydrogen-bond donors (Lipinski definition) is 1. The van der Waals surface area contributed by atoms with Gasteiger partial charge in [-0.15, -0.1) is 22.7 Å². The fraction of sp³-hybridized carbons (Fsp3) is 0.190. The third-order valence-corrected chi connectivity index (χ3v) is 6.15. The van der Waals surface area contributed by atoms with Gasteiger partial charge in [-0.1, -0.05) is 30.3 Å². The number of aryl methyl sites for hydroxylation is 1. The van der Waals surface area contributed by atoms with Crippen molar-refractivity contribution in [3.05, 3.63) is 64.1 Å². The van der Waals surface area contributed by atoms with Crippen molar-refractivity contribution < 1.29 is 14.3 Å². The van der Waals surface area contributed by atoms with E-state index in [1.54, 1.807) is 13.0 Å². The van der Waals surface area contributed by atoms with E-state index in [1.165, 1.54) is 22.7 Å². The number of esters is 1. The van der Waals surface area contributed by atoms with Crippen molar-refractivity contribution in [1.29, 1.82) is 0 Å². The largest absolute Gasteiger partial charge is 0.462 e. The van der Waals surface area contributed by atoms with Gasteiger partial charge >= 0.3 is 5.97 Å². The molecule has 4 rings (SSSR count). The van der Waals surface area contributed by atoms with Gasteiger partial charge in [-0.25, -0.2) is 9.78 Å². The third-order valence-electron chi connectivity index (χ3n) is 4.30. The molecule has 1 amide bonds. The predicted molar refractivity (Wildman–Crippen MR) is 116 cm³/mol. The van der Waals surface area contributed by atoms with Crippen LogP contribution in [0.5, 0.6) is 0 Å². The Morgan fingerprint density at radius 2 is 2.03 bits per heavy atom. The van der Waals surface area contributed by atoms with Crippen LogP contribution in [0, 0.1) is 6.92 Å². The Kier molecular flexibility index (Phi) is 5.46. The molecule has 1 N–H and O–H groups in total. The molecule has 0 spiro atoms. The molecule has 4 aromatic rings. The second kappa shape index (κ2) is 8.18. The van der Waals surface area contributed by atoms with Gasteiger partial charge in [0.05, 0.1) is 24.3 Å². The first-order valence-corrected chi connectivity index (χ1v) is 10.8. The van der Waals surface area contributed by atoms with Crippen LogP contribution in [0.4, 0.5) is 5.00 Å². The molecule has 0 atom stereocenters. The van der Waals surface area contributed by atoms with Gasteiger partial charge in [-0.05, 0) is 19.9 Å². The standard InChI is InChI=1S/C21H19N3O3S2/c1-3-27-20(26)16-9-13(2)29-19(16)23-18(25)10-15-12-28-21-22-17(11-24(15)21)14-7-5-4-6-8-14/h4-9,11-12H,3,10H2,1-2H3,(H,23,25). The number of imidazole rings is 1. The summed E-state index contributed by atoms with van der Waals surface area (Å²) in [7, 11) is 0. The highest BCUT2D eigenvalue weighted by Crippen LogP contribution is 2.29. The van der Waals surface area contributed by atoms with Crippen LogP contribution in [0.1, 0.15) is 27.9 Å². The average molecular weight is 426 g/mol. The molecule has 1 aromatic carbocycles. The Bertz CT molecular complexity index is 1170. The van der Waals surface area contributed by atoms with E-state index < -0.39 is 5.97 Å². The van der Waals surface area contributed by atoms with Gasteiger partial charge in [0, 0.05) is 27.7 Å². The molecule has 0 bridgehead atoms. The third kappa shape index (κ3) is 4.08. The molecular weight excluding hydrogens is 406 g/mol. The Hall–Kier alpha value is -2.97. The van der Waals surface area contributed by atoms with Gasteiger partial charge in [0.2, 0.25) is 5.91 Å². The molecular formula is C21H19N3O3S2. The van der Waals surface area contributed by atoms with Crippen LogP contribution < -0.4 is 5.32 Å². The number of thiazole rings is 1. The summed E-state index contributed by atoms with van der Waals surface area (Å²) in [5.41, 5.74) is 3.15. The molecule has 3 heterocycles. The summed E-state index contributed by atoms with van der Waals surface area (Å²) in [4.78, 5) is 31.2. The number of aromatic nitrogens is 2. The first-order chi connectivity index (χ1) is 14.0. The van der Waals surface area contributed by atoms with E-state index in [2.05, 4.69) is 10.3 Å². The summed E-state index contributed by atoms with van der Waals surface area (Å²) >= 11 is 2.86. The fourth-order valence-electron chi connectivity index (χ4n) is 3.01. The number of ether oxygens (including phenoxy) is 1. The highest BCUT2D eigenvalue weighted by atomic mass is 32.1.